The molecular weight excluding hydrogens is 290 g/mol. The van der Waals surface area contributed by atoms with E-state index in [1.165, 1.54) is 0 Å². The first-order valence-electron chi connectivity index (χ1n) is 6.80. The highest BCUT2D eigenvalue weighted by Gasteiger charge is 2.35. The summed E-state index contributed by atoms with van der Waals surface area (Å²) in [5, 5.41) is 0. The molecule has 0 saturated carbocycles. The molecule has 0 radical (unpaired) electrons. The average Bonchev–Trinajstić information content (AvgIpc) is 2.88. The number of carbonyl (C=O) groups is 2. The first-order chi connectivity index (χ1) is 9.41. The van der Waals surface area contributed by atoms with Crippen LogP contribution in [-0.4, -0.2) is 48.3 Å². The molecular formula is C15H22ClN3O2. The summed E-state index contributed by atoms with van der Waals surface area (Å²) in [6, 6.07) is 4.95. The van der Waals surface area contributed by atoms with Crippen molar-refractivity contribution in [1.82, 2.24) is 9.80 Å². The summed E-state index contributed by atoms with van der Waals surface area (Å²) >= 11 is 0. The molecule has 2 rings (SSSR count). The Morgan fingerprint density at radius 3 is 2.62 bits per heavy atom. The molecule has 1 aliphatic rings. The van der Waals surface area contributed by atoms with Crippen LogP contribution in [-0.2, 0) is 4.79 Å². The molecule has 1 saturated heterocycles. The van der Waals surface area contributed by atoms with E-state index >= 15 is 0 Å². The zero-order chi connectivity index (χ0) is 14.9. The minimum atomic E-state index is -0.349. The second kappa shape index (κ2) is 6.80. The van der Waals surface area contributed by atoms with Crippen molar-refractivity contribution in [2.24, 2.45) is 0 Å². The van der Waals surface area contributed by atoms with Crippen LogP contribution in [0.15, 0.2) is 18.2 Å². The lowest BCUT2D eigenvalue weighted by atomic mass is 10.1. The number of anilines is 1. The zero-order valence-electron chi connectivity index (χ0n) is 12.6. The molecule has 0 aliphatic carbocycles. The summed E-state index contributed by atoms with van der Waals surface area (Å²) in [5.41, 5.74) is 7.79. The summed E-state index contributed by atoms with van der Waals surface area (Å²) < 4.78 is 0. The van der Waals surface area contributed by atoms with Crippen LogP contribution in [0.5, 0.6) is 0 Å². The molecule has 2 amide bonds. The fourth-order valence-electron chi connectivity index (χ4n) is 2.59. The van der Waals surface area contributed by atoms with Crippen LogP contribution in [0.3, 0.4) is 0 Å². The van der Waals surface area contributed by atoms with E-state index in [1.54, 1.807) is 36.0 Å². The lowest BCUT2D eigenvalue weighted by Gasteiger charge is -2.26. The van der Waals surface area contributed by atoms with Crippen molar-refractivity contribution in [2.45, 2.75) is 25.8 Å². The third-order valence-corrected chi connectivity index (χ3v) is 3.73. The van der Waals surface area contributed by atoms with Gasteiger partial charge in [-0.1, -0.05) is 6.07 Å². The van der Waals surface area contributed by atoms with Gasteiger partial charge in [-0.3, -0.25) is 9.59 Å². The molecule has 0 bridgehead atoms. The van der Waals surface area contributed by atoms with Gasteiger partial charge in [0, 0.05) is 31.9 Å². The highest BCUT2D eigenvalue weighted by molar-refractivity contribution is 5.99. The number of nitrogens with zero attached hydrogens (tertiary/aromatic N) is 2. The Bertz CT molecular complexity index is 546. The van der Waals surface area contributed by atoms with Gasteiger partial charge in [0.1, 0.15) is 6.04 Å². The maximum absolute atomic E-state index is 12.7. The number of aryl methyl sites for hydroxylation is 1. The zero-order valence-corrected chi connectivity index (χ0v) is 13.4. The summed E-state index contributed by atoms with van der Waals surface area (Å²) in [4.78, 5) is 28.0. The first kappa shape index (κ1) is 17.3. The van der Waals surface area contributed by atoms with Crippen LogP contribution < -0.4 is 5.73 Å². The van der Waals surface area contributed by atoms with Crippen molar-refractivity contribution < 1.29 is 9.59 Å². The smallest absolute Gasteiger partial charge is 0.254 e. The molecule has 21 heavy (non-hydrogen) atoms. The monoisotopic (exact) mass is 311 g/mol. The molecule has 1 fully saturated rings. The molecule has 1 unspecified atom stereocenters. The van der Waals surface area contributed by atoms with Gasteiger partial charge in [0.05, 0.1) is 0 Å². The third kappa shape index (κ3) is 3.47. The van der Waals surface area contributed by atoms with Gasteiger partial charge in [-0.15, -0.1) is 12.4 Å². The van der Waals surface area contributed by atoms with Gasteiger partial charge < -0.3 is 15.5 Å². The molecule has 6 heteroatoms. The summed E-state index contributed by atoms with van der Waals surface area (Å²) in [5.74, 6) is -0.120. The van der Waals surface area contributed by atoms with Crippen molar-refractivity contribution in [3.8, 4) is 0 Å². The van der Waals surface area contributed by atoms with Crippen LogP contribution >= 0.6 is 12.4 Å². The van der Waals surface area contributed by atoms with E-state index in [-0.39, 0.29) is 30.3 Å². The number of likely N-dealkylation sites (tertiary alicyclic amines) is 1. The Hall–Kier alpha value is -1.75. The lowest BCUT2D eigenvalue weighted by molar-refractivity contribution is -0.132. The number of rotatable bonds is 2. The van der Waals surface area contributed by atoms with Crippen molar-refractivity contribution in [2.75, 3.05) is 26.4 Å². The van der Waals surface area contributed by atoms with Gasteiger partial charge in [-0.25, -0.2) is 0 Å². The van der Waals surface area contributed by atoms with Crippen LogP contribution in [0.2, 0.25) is 0 Å². The van der Waals surface area contributed by atoms with E-state index in [9.17, 15) is 9.59 Å². The molecule has 5 nitrogen and oxygen atoms in total. The van der Waals surface area contributed by atoms with Crippen LogP contribution in [0.1, 0.15) is 28.8 Å². The Morgan fingerprint density at radius 2 is 2.00 bits per heavy atom. The fraction of sp³-hybridized carbons (Fsp3) is 0.467. The van der Waals surface area contributed by atoms with Crippen LogP contribution in [0.4, 0.5) is 5.69 Å². The standard InChI is InChI=1S/C15H21N3O2.ClH/c1-10-6-7-11(16)9-12(10)14(19)18-8-4-5-13(18)15(20)17(2)3;/h6-7,9,13H,4-5,8,16H2,1-3H3;1H. The first-order valence-corrected chi connectivity index (χ1v) is 6.80. The molecule has 116 valence electrons. The van der Waals surface area contributed by atoms with Crippen molar-refractivity contribution in [1.29, 1.82) is 0 Å². The number of halogens is 1. The van der Waals surface area contributed by atoms with E-state index in [0.29, 0.717) is 17.8 Å². The van der Waals surface area contributed by atoms with Crippen molar-refractivity contribution in [3.63, 3.8) is 0 Å². The molecule has 1 aromatic rings. The number of amides is 2. The molecule has 1 heterocycles. The fourth-order valence-corrected chi connectivity index (χ4v) is 2.59. The highest BCUT2D eigenvalue weighted by atomic mass is 35.5. The number of hydrogen-bond donors (Lipinski definition) is 1. The van der Waals surface area contributed by atoms with Crippen LogP contribution in [0.25, 0.3) is 0 Å². The number of benzene rings is 1. The largest absolute Gasteiger partial charge is 0.399 e. The summed E-state index contributed by atoms with van der Waals surface area (Å²) in [6.45, 7) is 2.50. The van der Waals surface area contributed by atoms with E-state index in [4.69, 9.17) is 5.73 Å². The number of hydrogen-bond acceptors (Lipinski definition) is 3. The molecule has 0 spiro atoms. The van der Waals surface area contributed by atoms with Gasteiger partial charge in [0.15, 0.2) is 0 Å². The minimum absolute atomic E-state index is 0. The average molecular weight is 312 g/mol. The number of likely N-dealkylation sites (N-methyl/N-ethyl adjacent to an activating group) is 1. The summed E-state index contributed by atoms with van der Waals surface area (Å²) in [7, 11) is 3.43. The molecule has 0 aromatic heterocycles. The minimum Gasteiger partial charge on any atom is -0.399 e. The maximum Gasteiger partial charge on any atom is 0.254 e. The molecule has 1 aromatic carbocycles. The maximum atomic E-state index is 12.7. The van der Waals surface area contributed by atoms with Gasteiger partial charge >= 0.3 is 0 Å². The second-order valence-corrected chi connectivity index (χ2v) is 5.46. The Labute approximate surface area is 131 Å². The van der Waals surface area contributed by atoms with Gasteiger partial charge in [-0.2, -0.15) is 0 Å². The Balaban J connectivity index is 0.00000220. The van der Waals surface area contributed by atoms with E-state index in [0.717, 1.165) is 18.4 Å². The van der Waals surface area contributed by atoms with Crippen LogP contribution in [0, 0.1) is 6.92 Å². The van der Waals surface area contributed by atoms with E-state index in [2.05, 4.69) is 0 Å². The van der Waals surface area contributed by atoms with Crippen molar-refractivity contribution >= 4 is 29.9 Å². The predicted molar refractivity (Wildman–Crippen MR) is 85.6 cm³/mol. The highest BCUT2D eigenvalue weighted by Crippen LogP contribution is 2.23. The van der Waals surface area contributed by atoms with Gasteiger partial charge in [-0.05, 0) is 37.5 Å². The SMILES string of the molecule is Cc1ccc(N)cc1C(=O)N1CCCC1C(=O)N(C)C.Cl. The van der Waals surface area contributed by atoms with Gasteiger partial charge in [0.25, 0.3) is 5.91 Å². The predicted octanol–water partition coefficient (Wildman–Crippen LogP) is 1.69. The number of nitrogens with two attached hydrogens (primary N) is 1. The third-order valence-electron chi connectivity index (χ3n) is 3.73. The molecule has 2 N–H and O–H groups in total. The summed E-state index contributed by atoms with van der Waals surface area (Å²) in [6.07, 6.45) is 1.58. The molecule has 1 atom stereocenters. The lowest BCUT2D eigenvalue weighted by Crippen LogP contribution is -2.45. The Kier molecular flexibility index (Phi) is 5.61. The number of carbonyl (C=O) groups excluding carboxylic acids is 2. The Morgan fingerprint density at radius 1 is 1.33 bits per heavy atom. The quantitative estimate of drug-likeness (QED) is 0.845. The second-order valence-electron chi connectivity index (χ2n) is 5.46. The normalized spacial score (nSPS) is 17.3. The van der Waals surface area contributed by atoms with Crippen molar-refractivity contribution in [3.05, 3.63) is 29.3 Å². The van der Waals surface area contributed by atoms with Gasteiger partial charge in [0.2, 0.25) is 5.91 Å². The topological polar surface area (TPSA) is 66.6 Å². The van der Waals surface area contributed by atoms with E-state index < -0.39 is 0 Å². The molecule has 1 aliphatic heterocycles. The van der Waals surface area contributed by atoms with E-state index in [1.807, 2.05) is 13.0 Å². The number of nitrogen functional groups attached to an aromatic ring is 1.